The van der Waals surface area contributed by atoms with Crippen molar-refractivity contribution in [1.29, 1.82) is 0 Å². The Morgan fingerprint density at radius 1 is 0.900 bits per heavy atom. The van der Waals surface area contributed by atoms with Gasteiger partial charge in [0.25, 0.3) is 0 Å². The van der Waals surface area contributed by atoms with E-state index in [1.54, 1.807) is 20.4 Å². The van der Waals surface area contributed by atoms with Gasteiger partial charge >= 0.3 is 0 Å². The molecule has 0 aromatic carbocycles. The van der Waals surface area contributed by atoms with Gasteiger partial charge in [-0.15, -0.1) is 0 Å². The summed E-state index contributed by atoms with van der Waals surface area (Å²) in [5.74, 6) is 0. The summed E-state index contributed by atoms with van der Waals surface area (Å²) in [7, 11) is 5.28. The molecule has 2 aliphatic rings. The second-order valence-electron chi connectivity index (χ2n) is 7.83. The second kappa shape index (κ2) is 18.7. The Balaban J connectivity index is 0.000000225. The van der Waals surface area contributed by atoms with Crippen LogP contribution < -0.4 is 0 Å². The number of likely N-dealkylation sites (tertiary alicyclic amines) is 2. The van der Waals surface area contributed by atoms with Crippen LogP contribution in [0.5, 0.6) is 0 Å². The van der Waals surface area contributed by atoms with Crippen LogP contribution in [0.1, 0.15) is 44.7 Å². The van der Waals surface area contributed by atoms with Gasteiger partial charge in [-0.2, -0.15) is 0 Å². The van der Waals surface area contributed by atoms with Gasteiger partial charge in [0.15, 0.2) is 0 Å². The molecule has 1 aromatic rings. The number of nitrogens with zero attached hydrogens (tertiary/aromatic N) is 3. The van der Waals surface area contributed by atoms with Crippen LogP contribution in [-0.2, 0) is 20.6 Å². The van der Waals surface area contributed by atoms with Crippen LogP contribution in [0.15, 0.2) is 24.4 Å². The highest BCUT2D eigenvalue weighted by Gasteiger charge is 2.16. The summed E-state index contributed by atoms with van der Waals surface area (Å²) >= 11 is 0. The van der Waals surface area contributed by atoms with E-state index in [2.05, 4.69) is 21.7 Å². The lowest BCUT2D eigenvalue weighted by molar-refractivity contribution is 0.0427. The Labute approximate surface area is 184 Å². The number of ether oxygens (including phenoxy) is 3. The van der Waals surface area contributed by atoms with Gasteiger partial charge in [-0.05, 0) is 57.5 Å². The number of piperidine rings is 2. The summed E-state index contributed by atoms with van der Waals surface area (Å²) in [6, 6.07) is 5.90. The van der Waals surface area contributed by atoms with Gasteiger partial charge < -0.3 is 24.0 Å². The van der Waals surface area contributed by atoms with Crippen LogP contribution in [0.3, 0.4) is 0 Å². The molecular weight excluding hydrogens is 378 g/mol. The third-order valence-electron chi connectivity index (χ3n) is 5.66. The topological polar surface area (TPSA) is 47.1 Å². The SMILES string of the molecule is CCN1CCC(OC)CC1.COCCN1CCCCC1.COCCc1ccccn1. The van der Waals surface area contributed by atoms with Gasteiger partial charge in [0.05, 0.1) is 19.3 Å². The molecule has 0 spiro atoms. The Kier molecular flexibility index (Phi) is 16.8. The molecule has 0 bridgehead atoms. The fourth-order valence-corrected chi connectivity index (χ4v) is 3.62. The quantitative estimate of drug-likeness (QED) is 0.638. The fourth-order valence-electron chi connectivity index (χ4n) is 3.62. The maximum atomic E-state index is 5.26. The molecule has 0 aliphatic carbocycles. The van der Waals surface area contributed by atoms with Crippen LogP contribution in [0.2, 0.25) is 0 Å². The molecule has 174 valence electrons. The number of hydrogen-bond acceptors (Lipinski definition) is 6. The molecule has 0 N–H and O–H groups in total. The number of methoxy groups -OCH3 is 3. The highest BCUT2D eigenvalue weighted by atomic mass is 16.5. The number of aromatic nitrogens is 1. The highest BCUT2D eigenvalue weighted by molar-refractivity contribution is 5.03. The van der Waals surface area contributed by atoms with Crippen LogP contribution in [0, 0.1) is 0 Å². The Morgan fingerprint density at radius 2 is 1.60 bits per heavy atom. The van der Waals surface area contributed by atoms with Crippen molar-refractivity contribution in [2.24, 2.45) is 0 Å². The minimum atomic E-state index is 0.530. The average Bonchev–Trinajstić information content (AvgIpc) is 2.83. The summed E-state index contributed by atoms with van der Waals surface area (Å²) in [5.41, 5.74) is 1.09. The molecule has 0 unspecified atom stereocenters. The predicted octanol–water partition coefficient (Wildman–Crippen LogP) is 3.51. The largest absolute Gasteiger partial charge is 0.384 e. The summed E-state index contributed by atoms with van der Waals surface area (Å²) in [6.07, 6.45) is 9.83. The first-order chi connectivity index (χ1) is 14.7. The fraction of sp³-hybridized carbons (Fsp3) is 0.792. The molecule has 0 atom stereocenters. The lowest BCUT2D eigenvalue weighted by atomic mass is 10.1. The summed E-state index contributed by atoms with van der Waals surface area (Å²) in [4.78, 5) is 9.08. The molecular formula is C24H45N3O3. The standard InChI is InChI=1S/C8H11NO.2C8H17NO/c1-10-7-5-8-4-2-3-6-9-8;1-10-8-7-9-5-3-2-4-6-9;1-3-9-6-4-8(10-2)5-7-9/h2-4,6H,5,7H2,1H3;2-8H2,1H3;8H,3-7H2,1-2H3. The van der Waals surface area contributed by atoms with Crippen molar-refractivity contribution in [3.05, 3.63) is 30.1 Å². The molecule has 0 saturated carbocycles. The minimum Gasteiger partial charge on any atom is -0.384 e. The van der Waals surface area contributed by atoms with Crippen molar-refractivity contribution in [1.82, 2.24) is 14.8 Å². The monoisotopic (exact) mass is 423 g/mol. The van der Waals surface area contributed by atoms with Crippen LogP contribution >= 0.6 is 0 Å². The summed E-state index contributed by atoms with van der Waals surface area (Å²) in [6.45, 7) is 11.2. The van der Waals surface area contributed by atoms with Gasteiger partial charge in [0, 0.05) is 59.3 Å². The number of pyridine rings is 1. The van der Waals surface area contributed by atoms with E-state index in [0.717, 1.165) is 31.9 Å². The van der Waals surface area contributed by atoms with Gasteiger partial charge in [0.1, 0.15) is 0 Å². The molecule has 3 rings (SSSR count). The zero-order valence-corrected chi connectivity index (χ0v) is 19.9. The number of rotatable bonds is 8. The number of hydrogen-bond donors (Lipinski definition) is 0. The van der Waals surface area contributed by atoms with Gasteiger partial charge in [0.2, 0.25) is 0 Å². The molecule has 30 heavy (non-hydrogen) atoms. The Bertz CT molecular complexity index is 464. The van der Waals surface area contributed by atoms with E-state index in [9.17, 15) is 0 Å². The summed E-state index contributed by atoms with van der Waals surface area (Å²) in [5, 5.41) is 0. The maximum absolute atomic E-state index is 5.26. The van der Waals surface area contributed by atoms with Gasteiger partial charge in [-0.3, -0.25) is 4.98 Å². The molecule has 0 radical (unpaired) electrons. The average molecular weight is 424 g/mol. The van der Waals surface area contributed by atoms with Crippen molar-refractivity contribution < 1.29 is 14.2 Å². The lowest BCUT2D eigenvalue weighted by Crippen LogP contribution is -2.36. The Hall–Kier alpha value is -1.05. The van der Waals surface area contributed by atoms with E-state index >= 15 is 0 Å². The first kappa shape index (κ1) is 27.0. The molecule has 2 saturated heterocycles. The first-order valence-corrected chi connectivity index (χ1v) is 11.6. The third kappa shape index (κ3) is 13.3. The van der Waals surface area contributed by atoms with Gasteiger partial charge in [-0.1, -0.05) is 19.4 Å². The molecule has 2 fully saturated rings. The van der Waals surface area contributed by atoms with E-state index in [1.165, 1.54) is 64.8 Å². The van der Waals surface area contributed by atoms with Crippen LogP contribution in [0.25, 0.3) is 0 Å². The zero-order valence-electron chi connectivity index (χ0n) is 19.9. The summed E-state index contributed by atoms with van der Waals surface area (Å²) < 4.78 is 15.2. The second-order valence-corrected chi connectivity index (χ2v) is 7.83. The van der Waals surface area contributed by atoms with Crippen molar-refractivity contribution in [3.63, 3.8) is 0 Å². The zero-order chi connectivity index (χ0) is 21.9. The van der Waals surface area contributed by atoms with Crippen molar-refractivity contribution in [2.75, 3.05) is 73.8 Å². The molecule has 0 amide bonds. The first-order valence-electron chi connectivity index (χ1n) is 11.6. The normalized spacial score (nSPS) is 18.1. The Morgan fingerprint density at radius 3 is 2.13 bits per heavy atom. The molecule has 6 heteroatoms. The van der Waals surface area contributed by atoms with E-state index < -0.39 is 0 Å². The molecule has 2 aliphatic heterocycles. The smallest absolute Gasteiger partial charge is 0.0595 e. The van der Waals surface area contributed by atoms with E-state index in [-0.39, 0.29) is 0 Å². The molecule has 1 aromatic heterocycles. The van der Waals surface area contributed by atoms with E-state index in [0.29, 0.717) is 6.10 Å². The highest BCUT2D eigenvalue weighted by Crippen LogP contribution is 2.11. The minimum absolute atomic E-state index is 0.530. The lowest BCUT2D eigenvalue weighted by Gasteiger charge is -2.29. The van der Waals surface area contributed by atoms with Crippen LogP contribution in [-0.4, -0.2) is 94.7 Å². The van der Waals surface area contributed by atoms with Gasteiger partial charge in [-0.25, -0.2) is 0 Å². The predicted molar refractivity (Wildman–Crippen MR) is 124 cm³/mol. The van der Waals surface area contributed by atoms with Crippen molar-refractivity contribution in [2.45, 2.75) is 51.6 Å². The molecule has 3 heterocycles. The van der Waals surface area contributed by atoms with Crippen molar-refractivity contribution >= 4 is 0 Å². The van der Waals surface area contributed by atoms with E-state index in [4.69, 9.17) is 14.2 Å². The van der Waals surface area contributed by atoms with Crippen LogP contribution in [0.4, 0.5) is 0 Å². The third-order valence-corrected chi connectivity index (χ3v) is 5.66. The molecule has 6 nitrogen and oxygen atoms in total. The van der Waals surface area contributed by atoms with E-state index in [1.807, 2.05) is 25.3 Å². The maximum Gasteiger partial charge on any atom is 0.0595 e. The van der Waals surface area contributed by atoms with Crippen molar-refractivity contribution in [3.8, 4) is 0 Å².